The van der Waals surface area contributed by atoms with E-state index in [1.165, 1.54) is 23.1 Å². The highest BCUT2D eigenvalue weighted by atomic mass is 19.1. The predicted octanol–water partition coefficient (Wildman–Crippen LogP) is 4.86. The number of rotatable bonds is 2. The molecule has 0 aliphatic carbocycles. The number of fused-ring (bicyclic) bond motifs is 3. The Balaban J connectivity index is 1.92. The van der Waals surface area contributed by atoms with E-state index in [1.807, 2.05) is 32.0 Å². The monoisotopic (exact) mass is 421 g/mol. The van der Waals surface area contributed by atoms with Gasteiger partial charge in [-0.25, -0.2) is 14.2 Å². The summed E-state index contributed by atoms with van der Waals surface area (Å²) in [5, 5.41) is 0. The van der Waals surface area contributed by atoms with Gasteiger partial charge in [-0.05, 0) is 58.9 Å². The maximum absolute atomic E-state index is 14.5. The van der Waals surface area contributed by atoms with Crippen LogP contribution in [0.3, 0.4) is 0 Å². The smallest absolute Gasteiger partial charge is 0.359 e. The van der Waals surface area contributed by atoms with Gasteiger partial charge in [-0.1, -0.05) is 24.3 Å². The van der Waals surface area contributed by atoms with Crippen LogP contribution in [0.1, 0.15) is 61.2 Å². The van der Waals surface area contributed by atoms with Crippen LogP contribution in [0, 0.1) is 5.82 Å². The zero-order valence-corrected chi connectivity index (χ0v) is 18.1. The number of carbonyl (C=O) groups is 2. The average Bonchev–Trinajstić information content (AvgIpc) is 3.13. The van der Waals surface area contributed by atoms with E-state index in [1.54, 1.807) is 43.8 Å². The largest absolute Gasteiger partial charge is 0.455 e. The first-order valence-electron chi connectivity index (χ1n) is 10.0. The first-order chi connectivity index (χ1) is 14.5. The number of ether oxygens (including phenoxy) is 1. The van der Waals surface area contributed by atoms with Crippen molar-refractivity contribution in [3.63, 3.8) is 0 Å². The molecule has 1 aliphatic rings. The Labute approximate surface area is 180 Å². The molecule has 0 atom stereocenters. The van der Waals surface area contributed by atoms with Gasteiger partial charge in [0.1, 0.15) is 17.7 Å². The molecule has 0 saturated heterocycles. The second-order valence-electron chi connectivity index (χ2n) is 8.98. The number of nitrogens with zero attached hydrogens (tertiary/aromatic N) is 3. The van der Waals surface area contributed by atoms with Gasteiger partial charge in [0.2, 0.25) is 0 Å². The van der Waals surface area contributed by atoms with Gasteiger partial charge in [0.05, 0.1) is 28.2 Å². The molecule has 0 radical (unpaired) electrons. The van der Waals surface area contributed by atoms with E-state index in [2.05, 4.69) is 4.98 Å². The van der Waals surface area contributed by atoms with Gasteiger partial charge in [0.15, 0.2) is 5.69 Å². The third kappa shape index (κ3) is 3.40. The number of hydrogen-bond acceptors (Lipinski definition) is 4. The first kappa shape index (κ1) is 20.8. The number of aromatic nitrogens is 2. The molecule has 0 fully saturated rings. The summed E-state index contributed by atoms with van der Waals surface area (Å²) >= 11 is 0. The molecule has 1 aromatic heterocycles. The number of para-hydroxylation sites is 2. The van der Waals surface area contributed by atoms with Crippen LogP contribution >= 0.6 is 0 Å². The van der Waals surface area contributed by atoms with Crippen LogP contribution in [0.15, 0.2) is 54.9 Å². The quantitative estimate of drug-likeness (QED) is 0.554. The fourth-order valence-corrected chi connectivity index (χ4v) is 3.97. The Hall–Kier alpha value is -3.48. The van der Waals surface area contributed by atoms with Crippen molar-refractivity contribution in [3.8, 4) is 5.69 Å². The number of carbonyl (C=O) groups excluding carboxylic acids is 2. The van der Waals surface area contributed by atoms with Gasteiger partial charge >= 0.3 is 5.97 Å². The zero-order valence-electron chi connectivity index (χ0n) is 18.1. The minimum atomic E-state index is -1.02. The number of imidazole rings is 1. The molecular weight excluding hydrogens is 397 g/mol. The minimum absolute atomic E-state index is 0.0443. The van der Waals surface area contributed by atoms with Crippen molar-refractivity contribution < 1.29 is 18.7 Å². The molecule has 6 nitrogen and oxygen atoms in total. The SMILES string of the molecule is CC(C)(C)OC(=O)c1ncn2c1C(C)(C)N(C(=O)c1ccccc1F)c1ccccc1-2. The van der Waals surface area contributed by atoms with E-state index < -0.39 is 28.8 Å². The molecule has 0 bridgehead atoms. The van der Waals surface area contributed by atoms with E-state index >= 15 is 0 Å². The number of hydrogen-bond donors (Lipinski definition) is 0. The summed E-state index contributed by atoms with van der Waals surface area (Å²) in [6.45, 7) is 8.96. The first-order valence-corrected chi connectivity index (χ1v) is 10.0. The van der Waals surface area contributed by atoms with Crippen molar-refractivity contribution in [1.29, 1.82) is 0 Å². The van der Waals surface area contributed by atoms with Gasteiger partial charge in [-0.2, -0.15) is 0 Å². The Morgan fingerprint density at radius 3 is 2.26 bits per heavy atom. The summed E-state index contributed by atoms with van der Waals surface area (Å²) in [6.07, 6.45) is 1.56. The zero-order chi connectivity index (χ0) is 22.6. The summed E-state index contributed by atoms with van der Waals surface area (Å²) < 4.78 is 21.9. The van der Waals surface area contributed by atoms with Crippen LogP contribution in [0.5, 0.6) is 0 Å². The predicted molar refractivity (Wildman–Crippen MR) is 115 cm³/mol. The molecule has 1 amide bonds. The van der Waals surface area contributed by atoms with Crippen LogP contribution in [0.2, 0.25) is 0 Å². The summed E-state index contributed by atoms with van der Waals surface area (Å²) in [7, 11) is 0. The summed E-state index contributed by atoms with van der Waals surface area (Å²) in [5.74, 6) is -1.68. The van der Waals surface area contributed by atoms with Gasteiger partial charge in [0, 0.05) is 0 Å². The van der Waals surface area contributed by atoms with Crippen molar-refractivity contribution in [2.24, 2.45) is 0 Å². The maximum atomic E-state index is 14.5. The number of halogens is 1. The maximum Gasteiger partial charge on any atom is 0.359 e. The molecule has 160 valence electrons. The van der Waals surface area contributed by atoms with Crippen LogP contribution in [-0.2, 0) is 10.3 Å². The van der Waals surface area contributed by atoms with Crippen molar-refractivity contribution in [2.75, 3.05) is 4.90 Å². The van der Waals surface area contributed by atoms with Gasteiger partial charge < -0.3 is 4.74 Å². The molecule has 31 heavy (non-hydrogen) atoms. The van der Waals surface area contributed by atoms with Crippen LogP contribution in [0.25, 0.3) is 5.69 Å². The third-order valence-electron chi connectivity index (χ3n) is 5.19. The Bertz CT molecular complexity index is 1190. The molecule has 0 N–H and O–H groups in total. The van der Waals surface area contributed by atoms with Crippen LogP contribution in [0.4, 0.5) is 10.1 Å². The summed E-state index contributed by atoms with van der Waals surface area (Å²) in [6, 6.07) is 13.1. The van der Waals surface area contributed by atoms with Gasteiger partial charge in [-0.15, -0.1) is 0 Å². The average molecular weight is 421 g/mol. The lowest BCUT2D eigenvalue weighted by Crippen LogP contribution is -2.50. The minimum Gasteiger partial charge on any atom is -0.455 e. The van der Waals surface area contributed by atoms with Crippen molar-refractivity contribution in [2.45, 2.75) is 45.8 Å². The Kier molecular flexibility index (Phi) is 4.72. The lowest BCUT2D eigenvalue weighted by Gasteiger charge is -2.44. The number of anilines is 1. The molecule has 2 aromatic carbocycles. The lowest BCUT2D eigenvalue weighted by molar-refractivity contribution is 0.00598. The molecular formula is C24H24FN3O3. The van der Waals surface area contributed by atoms with Crippen molar-refractivity contribution >= 4 is 17.6 Å². The topological polar surface area (TPSA) is 64.4 Å². The third-order valence-corrected chi connectivity index (χ3v) is 5.19. The van der Waals surface area contributed by atoms with Crippen molar-refractivity contribution in [3.05, 3.63) is 77.6 Å². The Morgan fingerprint density at radius 2 is 1.61 bits per heavy atom. The second-order valence-corrected chi connectivity index (χ2v) is 8.98. The fourth-order valence-electron chi connectivity index (χ4n) is 3.97. The Morgan fingerprint density at radius 1 is 1.00 bits per heavy atom. The summed E-state index contributed by atoms with van der Waals surface area (Å²) in [4.78, 5) is 32.4. The lowest BCUT2D eigenvalue weighted by atomic mass is 9.90. The van der Waals surface area contributed by atoms with E-state index in [-0.39, 0.29) is 11.3 Å². The highest BCUT2D eigenvalue weighted by molar-refractivity contribution is 6.09. The standard InChI is InChI=1S/C24H24FN3O3/c1-23(2,3)31-22(30)19-20-24(4,5)28(21(29)15-10-6-7-11-16(15)25)18-13-9-8-12-17(18)27(20)14-26-19/h6-14H,1-5H3. The number of amides is 1. The highest BCUT2D eigenvalue weighted by Crippen LogP contribution is 2.44. The molecule has 0 spiro atoms. The molecule has 1 aliphatic heterocycles. The highest BCUT2D eigenvalue weighted by Gasteiger charge is 2.45. The summed E-state index contributed by atoms with van der Waals surface area (Å²) in [5.41, 5.74) is 0.136. The van der Waals surface area contributed by atoms with Crippen LogP contribution in [-0.4, -0.2) is 27.0 Å². The van der Waals surface area contributed by atoms with E-state index in [0.717, 1.165) is 0 Å². The molecule has 4 rings (SSSR count). The van der Waals surface area contributed by atoms with Crippen molar-refractivity contribution in [1.82, 2.24) is 9.55 Å². The molecule has 7 heteroatoms. The van der Waals surface area contributed by atoms with Gasteiger partial charge in [0.25, 0.3) is 5.91 Å². The second kappa shape index (κ2) is 7.04. The number of esters is 1. The van der Waals surface area contributed by atoms with E-state index in [4.69, 9.17) is 4.74 Å². The fraction of sp³-hybridized carbons (Fsp3) is 0.292. The normalized spacial score (nSPS) is 14.6. The van der Waals surface area contributed by atoms with Crippen LogP contribution < -0.4 is 4.90 Å². The number of benzene rings is 2. The molecule has 2 heterocycles. The van der Waals surface area contributed by atoms with E-state index in [9.17, 15) is 14.0 Å². The molecule has 0 saturated carbocycles. The molecule has 0 unspecified atom stereocenters. The van der Waals surface area contributed by atoms with E-state index in [0.29, 0.717) is 17.1 Å². The molecule has 3 aromatic rings. The van der Waals surface area contributed by atoms with Gasteiger partial charge in [-0.3, -0.25) is 14.3 Å².